The van der Waals surface area contributed by atoms with Crippen LogP contribution < -0.4 is 32.3 Å². The number of rotatable bonds is 30. The average molecular weight is 1920 g/mol. The second-order valence-electron chi connectivity index (χ2n) is 38.2. The van der Waals surface area contributed by atoms with Crippen molar-refractivity contribution in [2.75, 3.05) is 36.9 Å². The molecule has 7 fully saturated rings. The molecule has 6 saturated carbocycles. The van der Waals surface area contributed by atoms with Crippen LogP contribution in [-0.4, -0.2) is 238 Å². The van der Waals surface area contributed by atoms with Crippen LogP contribution in [0.1, 0.15) is 166 Å². The zero-order valence-electron chi connectivity index (χ0n) is 77.1. The number of alkyl halides is 4. The molecule has 4 aromatic carbocycles. The predicted molar refractivity (Wildman–Crippen MR) is 482 cm³/mol. The highest BCUT2D eigenvalue weighted by Crippen LogP contribution is 2.72. The summed E-state index contributed by atoms with van der Waals surface area (Å²) in [6, 6.07) is 24.5. The van der Waals surface area contributed by atoms with Gasteiger partial charge in [0, 0.05) is 102 Å². The Bertz CT molecular complexity index is 5680. The maximum absolute atomic E-state index is 17.7. The molecule has 3 heterocycles. The second kappa shape index (κ2) is 41.3. The Labute approximate surface area is 791 Å². The lowest BCUT2D eigenvalue weighted by Gasteiger charge is -2.62. The number of hydrogen-bond acceptors (Lipinski definition) is 26. The molecule has 24 atom stereocenters. The van der Waals surface area contributed by atoms with Crippen molar-refractivity contribution < 1.29 is 139 Å². The van der Waals surface area contributed by atoms with Gasteiger partial charge in [0.25, 0.3) is 35.4 Å². The molecule has 0 radical (unpaired) electrons. The lowest BCUT2D eigenvalue weighted by atomic mass is 9.45. The molecule has 3 aliphatic heterocycles. The van der Waals surface area contributed by atoms with E-state index in [1.165, 1.54) is 58.9 Å². The third-order valence-electron chi connectivity index (χ3n) is 29.4. The van der Waals surface area contributed by atoms with Crippen molar-refractivity contribution in [1.29, 1.82) is 0 Å². The topological polar surface area (TPSA) is 518 Å². The number of imide groups is 3. The van der Waals surface area contributed by atoms with E-state index in [2.05, 4.69) is 31.4 Å². The molecule has 0 spiro atoms. The van der Waals surface area contributed by atoms with Crippen molar-refractivity contribution in [1.82, 2.24) is 30.8 Å². The van der Waals surface area contributed by atoms with Crippen molar-refractivity contribution in [2.45, 2.75) is 217 Å². The third kappa shape index (κ3) is 20.6. The third-order valence-corrected chi connectivity index (χ3v) is 29.4. The number of allylic oxidation sites excluding steroid dienone is 8. The van der Waals surface area contributed by atoms with Gasteiger partial charge in [-0.05, 0) is 198 Å². The van der Waals surface area contributed by atoms with E-state index in [4.69, 9.17) is 15.2 Å². The Morgan fingerprint density at radius 1 is 0.486 bits per heavy atom. The quantitative estimate of drug-likeness (QED) is 0.0175. The van der Waals surface area contributed by atoms with Gasteiger partial charge in [0.05, 0.1) is 48.7 Å². The first-order valence-electron chi connectivity index (χ1n) is 45.7. The highest BCUT2D eigenvalue weighted by atomic mass is 19.2. The van der Waals surface area contributed by atoms with Gasteiger partial charge >= 0.3 is 5.97 Å². The number of benzene rings is 4. The van der Waals surface area contributed by atoms with E-state index in [9.17, 15) is 107 Å². The van der Waals surface area contributed by atoms with Gasteiger partial charge < -0.3 is 77.3 Å². The van der Waals surface area contributed by atoms with Crippen LogP contribution in [0.25, 0.3) is 0 Å². The number of halogens is 4. The summed E-state index contributed by atoms with van der Waals surface area (Å²) in [7, 11) is 0. The second-order valence-corrected chi connectivity index (χ2v) is 38.2. The Balaban J connectivity index is 0.000000197. The molecule has 0 aromatic heterocycles. The number of aliphatic hydroxyl groups excluding tert-OH is 6. The smallest absolute Gasteiger partial charge is 0.335 e. The number of amides is 11. The summed E-state index contributed by atoms with van der Waals surface area (Å²) >= 11 is 0. The Morgan fingerprint density at radius 2 is 0.862 bits per heavy atom. The molecule has 34 nitrogen and oxygen atoms in total. The number of carbonyl (C=O) groups is 16. The molecular weight excluding hydrogens is 1800 g/mol. The Morgan fingerprint density at radius 3 is 1.25 bits per heavy atom. The van der Waals surface area contributed by atoms with Crippen molar-refractivity contribution in [3.05, 3.63) is 202 Å². The maximum Gasteiger partial charge on any atom is 0.335 e. The first-order valence-corrected chi connectivity index (χ1v) is 45.7. The molecule has 736 valence electrons. The van der Waals surface area contributed by atoms with Crippen LogP contribution in [-0.2, 0) is 104 Å². The number of nitrogens with two attached hydrogens (primary N) is 1. The lowest BCUT2D eigenvalue weighted by molar-refractivity contribution is -0.203. The SMILES string of the molecule is C[C@H](N)C(=O)N[C@@H](C)C(=O)Nc1cccc(Cc2ccc([C@@H](O)O[C@@H]3C[C@H]4[C@@H]5C[C@H](F)C6=CC(=O)C=C[C@]6(C)[C@@]5(F)[C@@H](O)C[C@]4(C)[C@H]3C(=O)CO)cc2)c1.C[C@H](NC(=O)CCN1C(=O)C=CC1=O)C(=O)N[C@@H](C)C(=O)Nc1cccc(Cc2ccc([C@@H](O)O[C@@H]3C[C@H]4[C@@H]5C[C@H](F)C6=CC(=O)C=C[C@]6(C)[C@@]5(F)[C@@H](O)C[C@]4(C)[C@H]3C(=O)CO)cc2)c1.O=C(CCN1C(=O)C=CC1=O)ON1C(=O)CCC1=O. The molecule has 4 aromatic rings. The number of fused-ring (bicyclic) bond motifs is 10. The molecule has 0 bridgehead atoms. The van der Waals surface area contributed by atoms with Crippen LogP contribution in [0.15, 0.2) is 169 Å². The van der Waals surface area contributed by atoms with Gasteiger partial charge in [-0.1, -0.05) is 98.8 Å². The Hall–Kier alpha value is -12.4. The number of ether oxygens (including phenoxy) is 2. The van der Waals surface area contributed by atoms with Crippen LogP contribution >= 0.6 is 0 Å². The summed E-state index contributed by atoms with van der Waals surface area (Å²) in [4.78, 5) is 200. The molecule has 13 N–H and O–H groups in total. The molecule has 138 heavy (non-hydrogen) atoms. The van der Waals surface area contributed by atoms with Crippen LogP contribution in [0.3, 0.4) is 0 Å². The van der Waals surface area contributed by atoms with E-state index < -0.39 is 249 Å². The number of aliphatic hydroxyl groups is 6. The summed E-state index contributed by atoms with van der Waals surface area (Å²) < 4.78 is 79.4. The summed E-state index contributed by atoms with van der Waals surface area (Å²) in [6.45, 7) is 10.5. The van der Waals surface area contributed by atoms with E-state index in [1.54, 1.807) is 99.6 Å². The van der Waals surface area contributed by atoms with Crippen molar-refractivity contribution >= 4 is 105 Å². The fourth-order valence-corrected chi connectivity index (χ4v) is 22.3. The van der Waals surface area contributed by atoms with Crippen LogP contribution in [0, 0.1) is 57.2 Å². The number of nitrogens with zero attached hydrogens (tertiary/aromatic N) is 3. The minimum absolute atomic E-state index is 0.00165. The zero-order chi connectivity index (χ0) is 100. The van der Waals surface area contributed by atoms with Gasteiger partial charge in [-0.25, -0.2) is 22.4 Å². The number of anilines is 2. The van der Waals surface area contributed by atoms with E-state index in [-0.39, 0.29) is 88.4 Å². The molecule has 11 amide bonds. The van der Waals surface area contributed by atoms with Gasteiger partial charge in [0.1, 0.15) is 43.7 Å². The summed E-state index contributed by atoms with van der Waals surface area (Å²) in [5.41, 5.74) is 0.589. The van der Waals surface area contributed by atoms with Crippen LogP contribution in [0.4, 0.5) is 28.9 Å². The van der Waals surface area contributed by atoms with Crippen LogP contribution in [0.2, 0.25) is 0 Å². The minimum atomic E-state index is -2.37. The first-order chi connectivity index (χ1) is 65.1. The van der Waals surface area contributed by atoms with E-state index in [1.807, 2.05) is 18.2 Å². The number of hydrogen-bond donors (Lipinski definition) is 12. The first kappa shape index (κ1) is 103. The monoisotopic (exact) mass is 1920 g/mol. The lowest BCUT2D eigenvalue weighted by Crippen LogP contribution is -2.68. The standard InChI is InChI=1S/C48H54F2N4O11.C41H49F2N3O8.C11H10N2O6/c1-25(51-39(59)15-17-54-40(60)12-13-41(54)61)43(62)52-26(2)44(63)53-30-7-5-6-28(19-30)18-27-8-10-29(11-9-27)45(64)65-37-22-32-33-21-35(49)34-20-31(56)14-16-47(34,4)48(33,50)38(58)23-46(32,3)42(37)36(57)24-55;1-21(44)36(51)45-22(2)37(52)46-26-7-5-6-24(15-26)14-23-8-10-25(11-9-23)38(53)54-33-18-28-29-17-31(42)30-16-27(48)12-13-40(30,4)41(29,43)34(50)19-39(28,3)35(33)32(49)20-47;14-7-1-2-8(15)12(7)6-5-11(18)19-13-9(16)3-4-10(13)17/h5-14,16,19-20,25-26,32-33,35,37-38,42,45,55,58,64H,15,17-18,21-24H2,1-4H3,(H,51,59)(H,52,62)(H,53,63);5-13,15-16,21-22,28-29,31,33-35,38,47,50,53H,14,17-20,44H2,1-4H3,(H,45,51)(H,46,52);1-2H,3-6H2/t25-,26-,32-,33-,35-,37+,38-,42-,45-,46-,47-,48-;21-,22-,28-,29-,31-,33+,34-,35-,38-,39-,40-,41-;/m00./s1. The van der Waals surface area contributed by atoms with E-state index in [0.717, 1.165) is 68.5 Å². The fourth-order valence-electron chi connectivity index (χ4n) is 22.3. The summed E-state index contributed by atoms with van der Waals surface area (Å²) in [5.74, 6) is -14.2. The van der Waals surface area contributed by atoms with Gasteiger partial charge in [0.15, 0.2) is 47.1 Å². The molecule has 15 rings (SSSR count). The fraction of sp³-hybridized carbons (Fsp3) is 0.480. The highest BCUT2D eigenvalue weighted by Gasteiger charge is 2.76. The highest BCUT2D eigenvalue weighted by molar-refractivity contribution is 6.14. The zero-order valence-corrected chi connectivity index (χ0v) is 77.1. The molecule has 1 saturated heterocycles. The van der Waals surface area contributed by atoms with Gasteiger partial charge in [-0.15, -0.1) is 5.06 Å². The maximum atomic E-state index is 17.7. The summed E-state index contributed by atoms with van der Waals surface area (Å²) in [6.07, 6.45) is -0.234. The number of hydroxylamine groups is 2. The van der Waals surface area contributed by atoms with Gasteiger partial charge in [-0.3, -0.25) is 81.7 Å². The van der Waals surface area contributed by atoms with Crippen molar-refractivity contribution in [3.63, 3.8) is 0 Å². The number of nitrogens with one attached hydrogen (secondary N) is 5. The van der Waals surface area contributed by atoms with E-state index >= 15 is 17.6 Å². The molecule has 11 aliphatic rings. The largest absolute Gasteiger partial charge is 0.390 e. The number of ketones is 4. The molecule has 8 aliphatic carbocycles. The molecule has 38 heteroatoms. The minimum Gasteiger partial charge on any atom is -0.390 e. The van der Waals surface area contributed by atoms with Crippen LogP contribution in [0.5, 0.6) is 0 Å². The predicted octanol–water partition coefficient (Wildman–Crippen LogP) is 5.48. The molecular formula is C100H113F4N9O25. The normalized spacial score (nSPS) is 30.9. The molecule has 0 unspecified atom stereocenters. The summed E-state index contributed by atoms with van der Waals surface area (Å²) in [5, 5.41) is 79.5. The number of Topliss-reactive ketones (excluding diaryl/α,β-unsaturated/α-hetero) is 2. The van der Waals surface area contributed by atoms with E-state index in [0.29, 0.717) is 40.4 Å². The number of carbonyl (C=O) groups excluding carboxylic acids is 16. The van der Waals surface area contributed by atoms with Crippen molar-refractivity contribution in [2.24, 2.45) is 62.9 Å². The Kier molecular flexibility index (Phi) is 30.8. The van der Waals surface area contributed by atoms with Crippen molar-refractivity contribution in [3.8, 4) is 0 Å². The average Bonchev–Trinajstić information content (AvgIpc) is 1.32. The van der Waals surface area contributed by atoms with Gasteiger partial charge in [-0.2, -0.15) is 0 Å². The van der Waals surface area contributed by atoms with Gasteiger partial charge in [0.2, 0.25) is 29.5 Å².